The molecule has 0 saturated carbocycles. The lowest BCUT2D eigenvalue weighted by atomic mass is 10.1. The number of carbonyl (C=O) groups excluding carboxylic acids is 1. The minimum Gasteiger partial charge on any atom is -0.478 e. The molecule has 0 radical (unpaired) electrons. The van der Waals surface area contributed by atoms with Crippen LogP contribution in [0, 0.1) is 0 Å². The normalized spacial score (nSPS) is 10.4. The number of aryl methyl sites for hydroxylation is 1. The number of carboxylic acids is 1. The predicted molar refractivity (Wildman–Crippen MR) is 80.1 cm³/mol. The smallest absolute Gasteiger partial charge is 0.335 e. The van der Waals surface area contributed by atoms with Gasteiger partial charge in [0.2, 0.25) is 0 Å². The molecule has 0 atom stereocenters. The summed E-state index contributed by atoms with van der Waals surface area (Å²) in [5.74, 6) is -1.05. The Bertz CT molecular complexity index is 666. The average molecular weight is 303 g/mol. The standard InChI is InChI=1S/C15H17N3O4/c1-22-9-3-7-18-8-6-13(17-18)16-14(19)11-4-2-5-12(10-11)15(20)21/h2,4-6,8,10H,3,7,9H2,1H3,(H,20,21)(H,16,17,19). The van der Waals surface area contributed by atoms with E-state index >= 15 is 0 Å². The number of carboxylic acid groups (broad SMARTS) is 1. The van der Waals surface area contributed by atoms with Gasteiger partial charge in [0.1, 0.15) is 0 Å². The van der Waals surface area contributed by atoms with Crippen LogP contribution in [0.25, 0.3) is 0 Å². The molecule has 1 aromatic heterocycles. The third kappa shape index (κ3) is 4.16. The van der Waals surface area contributed by atoms with Crippen LogP contribution in [-0.4, -0.2) is 40.5 Å². The van der Waals surface area contributed by atoms with Crippen molar-refractivity contribution in [3.63, 3.8) is 0 Å². The average Bonchev–Trinajstić information content (AvgIpc) is 2.95. The molecule has 2 aromatic rings. The van der Waals surface area contributed by atoms with Crippen molar-refractivity contribution in [3.8, 4) is 0 Å². The van der Waals surface area contributed by atoms with Crippen molar-refractivity contribution >= 4 is 17.7 Å². The molecule has 0 spiro atoms. The van der Waals surface area contributed by atoms with Gasteiger partial charge in [-0.3, -0.25) is 9.48 Å². The van der Waals surface area contributed by atoms with Crippen LogP contribution in [0.4, 0.5) is 5.82 Å². The van der Waals surface area contributed by atoms with Gasteiger partial charge in [-0.1, -0.05) is 6.07 Å². The SMILES string of the molecule is COCCCn1ccc(NC(=O)c2cccc(C(=O)O)c2)n1. The first-order valence-corrected chi connectivity index (χ1v) is 6.77. The maximum atomic E-state index is 12.1. The monoisotopic (exact) mass is 303 g/mol. The van der Waals surface area contributed by atoms with E-state index in [2.05, 4.69) is 10.4 Å². The van der Waals surface area contributed by atoms with Crippen molar-refractivity contribution in [1.29, 1.82) is 0 Å². The fraction of sp³-hybridized carbons (Fsp3) is 0.267. The number of hydrogen-bond donors (Lipinski definition) is 2. The summed E-state index contributed by atoms with van der Waals surface area (Å²) in [5.41, 5.74) is 0.339. The van der Waals surface area contributed by atoms with Crippen molar-refractivity contribution in [1.82, 2.24) is 9.78 Å². The highest BCUT2D eigenvalue weighted by Crippen LogP contribution is 2.09. The Morgan fingerprint density at radius 1 is 1.32 bits per heavy atom. The summed E-state index contributed by atoms with van der Waals surface area (Å²) in [6.45, 7) is 1.34. The zero-order valence-corrected chi connectivity index (χ0v) is 12.2. The van der Waals surface area contributed by atoms with Crippen LogP contribution in [0.15, 0.2) is 36.5 Å². The number of rotatable bonds is 7. The molecule has 116 valence electrons. The van der Waals surface area contributed by atoms with Crippen LogP contribution in [0.3, 0.4) is 0 Å². The van der Waals surface area contributed by atoms with Crippen LogP contribution in [0.5, 0.6) is 0 Å². The molecular formula is C15H17N3O4. The van der Waals surface area contributed by atoms with Crippen molar-refractivity contribution in [3.05, 3.63) is 47.7 Å². The Labute approximate surface area is 127 Å². The molecule has 7 nitrogen and oxygen atoms in total. The minimum atomic E-state index is -1.07. The molecular weight excluding hydrogens is 286 g/mol. The number of benzene rings is 1. The van der Waals surface area contributed by atoms with E-state index in [1.165, 1.54) is 18.2 Å². The van der Waals surface area contributed by atoms with E-state index in [0.29, 0.717) is 19.0 Å². The minimum absolute atomic E-state index is 0.0674. The van der Waals surface area contributed by atoms with Crippen molar-refractivity contribution in [2.45, 2.75) is 13.0 Å². The molecule has 0 aliphatic rings. The lowest BCUT2D eigenvalue weighted by Gasteiger charge is -2.03. The highest BCUT2D eigenvalue weighted by Gasteiger charge is 2.11. The Morgan fingerprint density at radius 3 is 2.82 bits per heavy atom. The van der Waals surface area contributed by atoms with Crippen LogP contribution < -0.4 is 5.32 Å². The first kappa shape index (κ1) is 15.7. The van der Waals surface area contributed by atoms with E-state index in [1.807, 2.05) is 0 Å². The number of hydrogen-bond acceptors (Lipinski definition) is 4. The number of aromatic carboxylic acids is 1. The van der Waals surface area contributed by atoms with Gasteiger partial charge in [-0.25, -0.2) is 4.79 Å². The number of nitrogens with zero attached hydrogens (tertiary/aromatic N) is 2. The highest BCUT2D eigenvalue weighted by atomic mass is 16.5. The number of ether oxygens (including phenoxy) is 1. The number of anilines is 1. The number of amides is 1. The van der Waals surface area contributed by atoms with Gasteiger partial charge < -0.3 is 15.2 Å². The van der Waals surface area contributed by atoms with E-state index in [4.69, 9.17) is 9.84 Å². The number of methoxy groups -OCH3 is 1. The fourth-order valence-electron chi connectivity index (χ4n) is 1.91. The molecule has 2 rings (SSSR count). The quantitative estimate of drug-likeness (QED) is 0.762. The maximum Gasteiger partial charge on any atom is 0.335 e. The molecule has 0 unspecified atom stereocenters. The highest BCUT2D eigenvalue weighted by molar-refractivity contribution is 6.05. The predicted octanol–water partition coefficient (Wildman–Crippen LogP) is 1.87. The topological polar surface area (TPSA) is 93.5 Å². The molecule has 0 fully saturated rings. The number of nitrogens with one attached hydrogen (secondary N) is 1. The van der Waals surface area contributed by atoms with Crippen LogP contribution in [-0.2, 0) is 11.3 Å². The molecule has 0 aliphatic heterocycles. The van der Waals surface area contributed by atoms with E-state index in [1.54, 1.807) is 30.1 Å². The molecule has 1 amide bonds. The van der Waals surface area contributed by atoms with Crippen molar-refractivity contribution in [2.24, 2.45) is 0 Å². The second-order valence-corrected chi connectivity index (χ2v) is 4.65. The first-order chi connectivity index (χ1) is 10.6. The van der Waals surface area contributed by atoms with E-state index in [9.17, 15) is 9.59 Å². The lowest BCUT2D eigenvalue weighted by Crippen LogP contribution is -2.13. The summed E-state index contributed by atoms with van der Waals surface area (Å²) in [5, 5.41) is 15.8. The fourth-order valence-corrected chi connectivity index (χ4v) is 1.91. The van der Waals surface area contributed by atoms with Gasteiger partial charge in [0.25, 0.3) is 5.91 Å². The largest absolute Gasteiger partial charge is 0.478 e. The third-order valence-corrected chi connectivity index (χ3v) is 2.99. The van der Waals surface area contributed by atoms with Gasteiger partial charge in [-0.2, -0.15) is 5.10 Å². The summed E-state index contributed by atoms with van der Waals surface area (Å²) < 4.78 is 6.68. The van der Waals surface area contributed by atoms with E-state index in [-0.39, 0.29) is 11.1 Å². The van der Waals surface area contributed by atoms with Crippen LogP contribution >= 0.6 is 0 Å². The number of carbonyl (C=O) groups is 2. The molecule has 7 heteroatoms. The van der Waals surface area contributed by atoms with Crippen LogP contribution in [0.2, 0.25) is 0 Å². The Hall–Kier alpha value is -2.67. The van der Waals surface area contributed by atoms with Crippen molar-refractivity contribution < 1.29 is 19.4 Å². The molecule has 0 saturated heterocycles. The second-order valence-electron chi connectivity index (χ2n) is 4.65. The van der Waals surface area contributed by atoms with E-state index in [0.717, 1.165) is 6.42 Å². The first-order valence-electron chi connectivity index (χ1n) is 6.77. The molecule has 1 aromatic carbocycles. The Balaban J connectivity index is 2.00. The Morgan fingerprint density at radius 2 is 2.09 bits per heavy atom. The second kappa shape index (κ2) is 7.37. The van der Waals surface area contributed by atoms with Crippen molar-refractivity contribution in [2.75, 3.05) is 19.0 Å². The zero-order chi connectivity index (χ0) is 15.9. The summed E-state index contributed by atoms with van der Waals surface area (Å²) in [4.78, 5) is 23.0. The number of aromatic nitrogens is 2. The van der Waals surface area contributed by atoms with Gasteiger partial charge in [0.05, 0.1) is 5.56 Å². The molecule has 0 bridgehead atoms. The van der Waals surface area contributed by atoms with E-state index < -0.39 is 11.9 Å². The van der Waals surface area contributed by atoms with Gasteiger partial charge in [0, 0.05) is 38.1 Å². The third-order valence-electron chi connectivity index (χ3n) is 2.99. The van der Waals surface area contributed by atoms with Gasteiger partial charge >= 0.3 is 5.97 Å². The zero-order valence-electron chi connectivity index (χ0n) is 12.2. The van der Waals surface area contributed by atoms with Gasteiger partial charge in [-0.15, -0.1) is 0 Å². The maximum absolute atomic E-state index is 12.1. The summed E-state index contributed by atoms with van der Waals surface area (Å²) in [6, 6.07) is 7.53. The van der Waals surface area contributed by atoms with Gasteiger partial charge in [0.15, 0.2) is 5.82 Å². The molecule has 0 aliphatic carbocycles. The van der Waals surface area contributed by atoms with Gasteiger partial charge in [-0.05, 0) is 24.6 Å². The molecule has 22 heavy (non-hydrogen) atoms. The molecule has 2 N–H and O–H groups in total. The lowest BCUT2D eigenvalue weighted by molar-refractivity contribution is 0.0697. The summed E-state index contributed by atoms with van der Waals surface area (Å²) in [6.07, 6.45) is 2.59. The summed E-state index contributed by atoms with van der Waals surface area (Å²) >= 11 is 0. The Kier molecular flexibility index (Phi) is 5.26. The summed E-state index contributed by atoms with van der Waals surface area (Å²) in [7, 11) is 1.64. The van der Waals surface area contributed by atoms with Crippen LogP contribution in [0.1, 0.15) is 27.1 Å². The molecule has 1 heterocycles.